The summed E-state index contributed by atoms with van der Waals surface area (Å²) >= 11 is 0. The second kappa shape index (κ2) is 7.81. The van der Waals surface area contributed by atoms with Gasteiger partial charge in [0.25, 0.3) is 0 Å². The summed E-state index contributed by atoms with van der Waals surface area (Å²) in [5, 5.41) is 15.0. The van der Waals surface area contributed by atoms with Crippen LogP contribution in [0.5, 0.6) is 0 Å². The van der Waals surface area contributed by atoms with E-state index in [0.717, 1.165) is 11.3 Å². The summed E-state index contributed by atoms with van der Waals surface area (Å²) in [6.07, 6.45) is 0. The number of hydrogen-bond acceptors (Lipinski definition) is 4. The van der Waals surface area contributed by atoms with Gasteiger partial charge in [0.05, 0.1) is 19.3 Å². The van der Waals surface area contributed by atoms with E-state index in [9.17, 15) is 4.79 Å². The number of hydrogen-bond donors (Lipinski definition) is 3. The summed E-state index contributed by atoms with van der Waals surface area (Å²) in [6.45, 7) is 2.64. The van der Waals surface area contributed by atoms with E-state index < -0.39 is 0 Å². The quantitative estimate of drug-likeness (QED) is 0.669. The second-order valence-electron chi connectivity index (χ2n) is 4.09. The highest BCUT2D eigenvalue weighted by atomic mass is 16.5. The molecule has 0 saturated carbocycles. The Morgan fingerprint density at radius 1 is 1.39 bits per heavy atom. The van der Waals surface area contributed by atoms with Crippen LogP contribution in [-0.2, 0) is 16.1 Å². The van der Waals surface area contributed by atoms with Crippen LogP contribution >= 0.6 is 0 Å². The lowest BCUT2D eigenvalue weighted by Gasteiger charge is -2.15. The molecule has 18 heavy (non-hydrogen) atoms. The maximum Gasteiger partial charge on any atom is 0.221 e. The molecule has 1 rings (SSSR count). The highest BCUT2D eigenvalue weighted by Gasteiger charge is 2.05. The molecule has 1 unspecified atom stereocenters. The number of benzene rings is 1. The third kappa shape index (κ3) is 5.27. The number of amides is 1. The molecule has 1 aromatic carbocycles. The highest BCUT2D eigenvalue weighted by molar-refractivity contribution is 5.88. The predicted molar refractivity (Wildman–Crippen MR) is 70.3 cm³/mol. The van der Waals surface area contributed by atoms with Gasteiger partial charge in [0, 0.05) is 26.3 Å². The number of aliphatic hydroxyl groups excluding tert-OH is 1. The molecular formula is C13H20N2O3. The normalized spacial score (nSPS) is 12.2. The van der Waals surface area contributed by atoms with E-state index in [1.165, 1.54) is 6.92 Å². The van der Waals surface area contributed by atoms with Crippen molar-refractivity contribution in [3.63, 3.8) is 0 Å². The van der Waals surface area contributed by atoms with Crippen LogP contribution in [0.15, 0.2) is 24.3 Å². The molecule has 1 atom stereocenters. The molecule has 100 valence electrons. The Morgan fingerprint density at radius 2 is 2.06 bits per heavy atom. The lowest BCUT2D eigenvalue weighted by Crippen LogP contribution is -2.35. The van der Waals surface area contributed by atoms with Crippen LogP contribution in [0.1, 0.15) is 12.5 Å². The van der Waals surface area contributed by atoms with Crippen LogP contribution in [-0.4, -0.2) is 37.4 Å². The van der Waals surface area contributed by atoms with Gasteiger partial charge in [0.1, 0.15) is 0 Å². The Balaban J connectivity index is 2.45. The van der Waals surface area contributed by atoms with Crippen molar-refractivity contribution in [2.75, 3.05) is 25.6 Å². The number of aliphatic hydroxyl groups is 1. The van der Waals surface area contributed by atoms with Crippen LogP contribution < -0.4 is 10.6 Å². The van der Waals surface area contributed by atoms with Gasteiger partial charge in [0.2, 0.25) is 5.91 Å². The average molecular weight is 252 g/mol. The number of rotatable bonds is 7. The van der Waals surface area contributed by atoms with Crippen molar-refractivity contribution in [1.82, 2.24) is 5.32 Å². The zero-order valence-electron chi connectivity index (χ0n) is 10.8. The summed E-state index contributed by atoms with van der Waals surface area (Å²) < 4.78 is 4.98. The van der Waals surface area contributed by atoms with E-state index in [1.54, 1.807) is 7.11 Å². The molecule has 0 heterocycles. The van der Waals surface area contributed by atoms with Gasteiger partial charge in [-0.05, 0) is 17.7 Å². The Kier molecular flexibility index (Phi) is 6.35. The van der Waals surface area contributed by atoms with Crippen LogP contribution in [0, 0.1) is 0 Å². The van der Waals surface area contributed by atoms with Gasteiger partial charge in [-0.2, -0.15) is 0 Å². The number of carbonyl (C=O) groups is 1. The number of methoxy groups -OCH3 is 1. The first-order valence-corrected chi connectivity index (χ1v) is 5.85. The molecule has 0 spiro atoms. The van der Waals surface area contributed by atoms with Gasteiger partial charge in [-0.1, -0.05) is 12.1 Å². The van der Waals surface area contributed by atoms with Crippen molar-refractivity contribution in [3.8, 4) is 0 Å². The van der Waals surface area contributed by atoms with Gasteiger partial charge < -0.3 is 20.5 Å². The van der Waals surface area contributed by atoms with E-state index in [1.807, 2.05) is 24.3 Å². The highest BCUT2D eigenvalue weighted by Crippen LogP contribution is 2.09. The summed E-state index contributed by atoms with van der Waals surface area (Å²) in [4.78, 5) is 10.9. The molecule has 0 aliphatic carbocycles. The summed E-state index contributed by atoms with van der Waals surface area (Å²) in [7, 11) is 1.60. The molecule has 0 fully saturated rings. The van der Waals surface area contributed by atoms with Gasteiger partial charge in [-0.25, -0.2) is 0 Å². The molecule has 0 radical (unpaired) electrons. The standard InChI is InChI=1S/C13H20N2O3/c1-10(17)15-12-5-3-11(4-6-12)7-14-13(8-16)9-18-2/h3-6,13-14,16H,7-9H2,1-2H3,(H,15,17). The van der Waals surface area contributed by atoms with Crippen molar-refractivity contribution in [3.05, 3.63) is 29.8 Å². The second-order valence-corrected chi connectivity index (χ2v) is 4.09. The molecule has 0 bridgehead atoms. The zero-order chi connectivity index (χ0) is 13.4. The monoisotopic (exact) mass is 252 g/mol. The number of ether oxygens (including phenoxy) is 1. The number of carbonyl (C=O) groups excluding carboxylic acids is 1. The fraction of sp³-hybridized carbons (Fsp3) is 0.462. The Hall–Kier alpha value is -1.43. The van der Waals surface area contributed by atoms with Crippen molar-refractivity contribution in [1.29, 1.82) is 0 Å². The van der Waals surface area contributed by atoms with E-state index >= 15 is 0 Å². The van der Waals surface area contributed by atoms with Crippen molar-refractivity contribution in [2.45, 2.75) is 19.5 Å². The molecule has 0 aliphatic rings. The minimum Gasteiger partial charge on any atom is -0.395 e. The van der Waals surface area contributed by atoms with Gasteiger partial charge in [-0.3, -0.25) is 4.79 Å². The number of anilines is 1. The molecule has 0 aromatic heterocycles. The summed E-state index contributed by atoms with van der Waals surface area (Å²) in [5.41, 5.74) is 1.86. The first kappa shape index (κ1) is 14.6. The molecule has 1 aromatic rings. The van der Waals surface area contributed by atoms with Gasteiger partial charge >= 0.3 is 0 Å². The minimum absolute atomic E-state index is 0.0395. The molecule has 0 aliphatic heterocycles. The Morgan fingerprint density at radius 3 is 2.56 bits per heavy atom. The van der Waals surface area contributed by atoms with E-state index in [-0.39, 0.29) is 18.6 Å². The molecule has 5 nitrogen and oxygen atoms in total. The van der Waals surface area contributed by atoms with E-state index in [2.05, 4.69) is 10.6 Å². The lowest BCUT2D eigenvalue weighted by molar-refractivity contribution is -0.114. The van der Waals surface area contributed by atoms with E-state index in [4.69, 9.17) is 9.84 Å². The van der Waals surface area contributed by atoms with Crippen molar-refractivity contribution >= 4 is 11.6 Å². The number of nitrogens with one attached hydrogen (secondary N) is 2. The van der Waals surface area contributed by atoms with Crippen LogP contribution in [0.25, 0.3) is 0 Å². The third-order valence-electron chi connectivity index (χ3n) is 2.46. The molecular weight excluding hydrogens is 232 g/mol. The first-order valence-electron chi connectivity index (χ1n) is 5.85. The average Bonchev–Trinajstić information content (AvgIpc) is 2.35. The Labute approximate surface area is 107 Å². The van der Waals surface area contributed by atoms with E-state index in [0.29, 0.717) is 13.2 Å². The maximum atomic E-state index is 10.9. The lowest BCUT2D eigenvalue weighted by atomic mass is 10.2. The Bertz CT molecular complexity index is 365. The van der Waals surface area contributed by atoms with Crippen LogP contribution in [0.2, 0.25) is 0 Å². The SMILES string of the molecule is COCC(CO)NCc1ccc(NC(C)=O)cc1. The van der Waals surface area contributed by atoms with Crippen molar-refractivity contribution in [2.24, 2.45) is 0 Å². The molecule has 5 heteroatoms. The summed E-state index contributed by atoms with van der Waals surface area (Å²) in [6, 6.07) is 7.50. The minimum atomic E-state index is -0.0821. The molecule has 3 N–H and O–H groups in total. The fourth-order valence-electron chi connectivity index (χ4n) is 1.55. The molecule has 1 amide bonds. The largest absolute Gasteiger partial charge is 0.395 e. The fourth-order valence-corrected chi connectivity index (χ4v) is 1.55. The molecule has 0 saturated heterocycles. The van der Waals surface area contributed by atoms with Crippen molar-refractivity contribution < 1.29 is 14.6 Å². The summed E-state index contributed by atoms with van der Waals surface area (Å²) in [5.74, 6) is -0.0821. The zero-order valence-corrected chi connectivity index (χ0v) is 10.8. The van der Waals surface area contributed by atoms with Crippen LogP contribution in [0.3, 0.4) is 0 Å². The van der Waals surface area contributed by atoms with Crippen LogP contribution in [0.4, 0.5) is 5.69 Å². The third-order valence-corrected chi connectivity index (χ3v) is 2.46. The van der Waals surface area contributed by atoms with Gasteiger partial charge in [-0.15, -0.1) is 0 Å². The van der Waals surface area contributed by atoms with Gasteiger partial charge in [0.15, 0.2) is 0 Å². The maximum absolute atomic E-state index is 10.9. The first-order chi connectivity index (χ1) is 8.65. The smallest absolute Gasteiger partial charge is 0.221 e. The predicted octanol–water partition coefficient (Wildman–Crippen LogP) is 0.742. The topological polar surface area (TPSA) is 70.6 Å².